The van der Waals surface area contributed by atoms with E-state index in [0.29, 0.717) is 5.92 Å². The fourth-order valence-electron chi connectivity index (χ4n) is 2.49. The molecule has 1 aromatic heterocycles. The van der Waals surface area contributed by atoms with Gasteiger partial charge in [-0.2, -0.15) is 0 Å². The van der Waals surface area contributed by atoms with Crippen LogP contribution in [0.5, 0.6) is 0 Å². The normalized spacial score (nSPS) is 19.6. The Kier molecular flexibility index (Phi) is 2.56. The van der Waals surface area contributed by atoms with E-state index in [1.54, 1.807) is 6.07 Å². The van der Waals surface area contributed by atoms with Gasteiger partial charge < -0.3 is 4.98 Å². The number of hydrogen-bond donors (Lipinski definition) is 1. The van der Waals surface area contributed by atoms with Crippen LogP contribution >= 0.6 is 0 Å². The lowest BCUT2D eigenvalue weighted by Crippen LogP contribution is -2.09. The van der Waals surface area contributed by atoms with Crippen molar-refractivity contribution in [3.8, 4) is 0 Å². The van der Waals surface area contributed by atoms with Crippen LogP contribution in [-0.4, -0.2) is 4.98 Å². The van der Waals surface area contributed by atoms with Gasteiger partial charge in [0.25, 0.3) is 0 Å². The van der Waals surface area contributed by atoms with Gasteiger partial charge in [0, 0.05) is 28.6 Å². The predicted molar refractivity (Wildman–Crippen MR) is 70.3 cm³/mol. The molecule has 17 heavy (non-hydrogen) atoms. The number of nitrogens with one attached hydrogen (secondary N) is 1. The number of hydrogen-bond acceptors (Lipinski definition) is 1. The molecule has 2 nitrogen and oxygen atoms in total. The average Bonchev–Trinajstić information content (AvgIpc) is 2.40. The molecule has 0 saturated heterocycles. The summed E-state index contributed by atoms with van der Waals surface area (Å²) in [5.74, 6) is 0.376. The Labute approximate surface area is 100.0 Å². The Morgan fingerprint density at radius 2 is 2.12 bits per heavy atom. The number of para-hydroxylation sites is 1. The summed E-state index contributed by atoms with van der Waals surface area (Å²) >= 11 is 0. The van der Waals surface area contributed by atoms with E-state index in [1.807, 2.05) is 24.3 Å². The molecule has 3 rings (SSSR count). The largest absolute Gasteiger partial charge is 0.358 e. The summed E-state index contributed by atoms with van der Waals surface area (Å²) in [4.78, 5) is 15.4. The van der Waals surface area contributed by atoms with Crippen LogP contribution in [0.4, 0.5) is 0 Å². The monoisotopic (exact) mass is 225 g/mol. The van der Waals surface area contributed by atoms with Crippen molar-refractivity contribution >= 4 is 10.9 Å². The van der Waals surface area contributed by atoms with Crippen LogP contribution in [0, 0.1) is 0 Å². The molecule has 1 N–H and O–H groups in total. The van der Waals surface area contributed by atoms with Gasteiger partial charge in [-0.25, -0.2) is 0 Å². The fourth-order valence-corrected chi connectivity index (χ4v) is 2.49. The highest BCUT2D eigenvalue weighted by atomic mass is 16.1. The Bertz CT molecular complexity index is 624. The molecule has 1 atom stereocenters. The molecule has 0 spiro atoms. The van der Waals surface area contributed by atoms with Crippen molar-refractivity contribution in [2.45, 2.75) is 25.2 Å². The van der Waals surface area contributed by atoms with Crippen molar-refractivity contribution in [3.63, 3.8) is 0 Å². The lowest BCUT2D eigenvalue weighted by atomic mass is 9.92. The van der Waals surface area contributed by atoms with E-state index in [0.717, 1.165) is 29.4 Å². The van der Waals surface area contributed by atoms with Crippen LogP contribution in [0.1, 0.15) is 30.9 Å². The van der Waals surface area contributed by atoms with Crippen LogP contribution in [0.3, 0.4) is 0 Å². The van der Waals surface area contributed by atoms with Gasteiger partial charge in [0.2, 0.25) is 0 Å². The maximum Gasteiger partial charge on any atom is 0.189 e. The van der Waals surface area contributed by atoms with E-state index in [2.05, 4.69) is 17.1 Å². The summed E-state index contributed by atoms with van der Waals surface area (Å²) in [6.07, 6.45) is 7.92. The van der Waals surface area contributed by atoms with Crippen LogP contribution in [0.15, 0.2) is 47.3 Å². The Hall–Kier alpha value is -1.83. The molecule has 1 unspecified atom stereocenters. The number of H-pyrrole nitrogens is 1. The Morgan fingerprint density at radius 1 is 1.24 bits per heavy atom. The minimum atomic E-state index is 0.119. The van der Waals surface area contributed by atoms with Gasteiger partial charge in [-0.15, -0.1) is 0 Å². The number of aromatic amines is 1. The molecule has 2 heteroatoms. The summed E-state index contributed by atoms with van der Waals surface area (Å²) in [7, 11) is 0. The fraction of sp³-hybridized carbons (Fsp3) is 0.267. The molecular formula is C15H15NO. The van der Waals surface area contributed by atoms with Crippen molar-refractivity contribution in [1.29, 1.82) is 0 Å². The second-order valence-electron chi connectivity index (χ2n) is 4.60. The SMILES string of the molecule is O=c1cc(C2C=CCCC2)[nH]c2ccccc12. The minimum Gasteiger partial charge on any atom is -0.358 e. The molecule has 1 aliphatic rings. The van der Waals surface area contributed by atoms with E-state index in [-0.39, 0.29) is 5.43 Å². The molecule has 0 aliphatic heterocycles. The van der Waals surface area contributed by atoms with Gasteiger partial charge in [0.05, 0.1) is 0 Å². The molecule has 0 amide bonds. The summed E-state index contributed by atoms with van der Waals surface area (Å²) in [6.45, 7) is 0. The highest BCUT2D eigenvalue weighted by Crippen LogP contribution is 2.26. The number of pyridine rings is 1. The lowest BCUT2D eigenvalue weighted by molar-refractivity contribution is 0.643. The summed E-state index contributed by atoms with van der Waals surface area (Å²) in [5.41, 5.74) is 2.10. The molecule has 0 bridgehead atoms. The maximum atomic E-state index is 12.0. The van der Waals surface area contributed by atoms with Crippen molar-refractivity contribution in [2.75, 3.05) is 0 Å². The van der Waals surface area contributed by atoms with Gasteiger partial charge in [-0.05, 0) is 31.4 Å². The molecule has 0 saturated carbocycles. The molecule has 0 radical (unpaired) electrons. The van der Waals surface area contributed by atoms with E-state index < -0.39 is 0 Å². The van der Waals surface area contributed by atoms with Crippen LogP contribution < -0.4 is 5.43 Å². The number of allylic oxidation sites excluding steroid dienone is 2. The number of fused-ring (bicyclic) bond motifs is 1. The summed E-state index contributed by atoms with van der Waals surface area (Å²) in [6, 6.07) is 9.45. The van der Waals surface area contributed by atoms with Crippen molar-refractivity contribution in [2.24, 2.45) is 0 Å². The number of benzene rings is 1. The Balaban J connectivity index is 2.15. The third-order valence-electron chi connectivity index (χ3n) is 3.41. The molecule has 1 heterocycles. The third kappa shape index (κ3) is 1.91. The quantitative estimate of drug-likeness (QED) is 0.742. The lowest BCUT2D eigenvalue weighted by Gasteiger charge is -2.16. The van der Waals surface area contributed by atoms with Gasteiger partial charge in [-0.3, -0.25) is 4.79 Å². The molecule has 1 aromatic carbocycles. The second-order valence-corrected chi connectivity index (χ2v) is 4.60. The standard InChI is InChI=1S/C15H15NO/c17-15-10-14(11-6-2-1-3-7-11)16-13-9-5-4-8-12(13)15/h2,4-6,8-11H,1,3,7H2,(H,16,17). The first-order chi connectivity index (χ1) is 8.34. The van der Waals surface area contributed by atoms with Gasteiger partial charge in [0.15, 0.2) is 5.43 Å². The van der Waals surface area contributed by atoms with Gasteiger partial charge in [0.1, 0.15) is 0 Å². The Morgan fingerprint density at radius 3 is 2.94 bits per heavy atom. The molecule has 1 aliphatic carbocycles. The minimum absolute atomic E-state index is 0.119. The van der Waals surface area contributed by atoms with E-state index in [4.69, 9.17) is 0 Å². The first-order valence-electron chi connectivity index (χ1n) is 6.13. The molecule has 0 fully saturated rings. The zero-order chi connectivity index (χ0) is 11.7. The van der Waals surface area contributed by atoms with Gasteiger partial charge >= 0.3 is 0 Å². The molecular weight excluding hydrogens is 210 g/mol. The molecule has 2 aromatic rings. The van der Waals surface area contributed by atoms with Crippen molar-refractivity contribution in [3.05, 3.63) is 58.4 Å². The smallest absolute Gasteiger partial charge is 0.189 e. The van der Waals surface area contributed by atoms with Crippen LogP contribution in [0.25, 0.3) is 10.9 Å². The highest BCUT2D eigenvalue weighted by Gasteiger charge is 2.13. The topological polar surface area (TPSA) is 32.9 Å². The van der Waals surface area contributed by atoms with E-state index in [9.17, 15) is 4.79 Å². The number of rotatable bonds is 1. The average molecular weight is 225 g/mol. The molecule has 86 valence electrons. The highest BCUT2D eigenvalue weighted by molar-refractivity contribution is 5.78. The van der Waals surface area contributed by atoms with Crippen molar-refractivity contribution in [1.82, 2.24) is 4.98 Å². The number of aromatic nitrogens is 1. The predicted octanol–water partition coefficient (Wildman–Crippen LogP) is 3.35. The second kappa shape index (κ2) is 4.21. The summed E-state index contributed by atoms with van der Waals surface area (Å²) in [5, 5.41) is 0.774. The van der Waals surface area contributed by atoms with Crippen LogP contribution in [-0.2, 0) is 0 Å². The van der Waals surface area contributed by atoms with Crippen LogP contribution in [0.2, 0.25) is 0 Å². The maximum absolute atomic E-state index is 12.0. The summed E-state index contributed by atoms with van der Waals surface area (Å²) < 4.78 is 0. The van der Waals surface area contributed by atoms with E-state index >= 15 is 0 Å². The zero-order valence-electron chi connectivity index (χ0n) is 9.65. The zero-order valence-corrected chi connectivity index (χ0v) is 9.65. The van der Waals surface area contributed by atoms with Crippen molar-refractivity contribution < 1.29 is 0 Å². The first kappa shape index (κ1) is 10.3. The third-order valence-corrected chi connectivity index (χ3v) is 3.41. The van der Waals surface area contributed by atoms with E-state index in [1.165, 1.54) is 6.42 Å². The first-order valence-corrected chi connectivity index (χ1v) is 6.13. The van der Waals surface area contributed by atoms with Gasteiger partial charge in [-0.1, -0.05) is 24.3 Å².